The van der Waals surface area contributed by atoms with Gasteiger partial charge >= 0.3 is 0 Å². The Labute approximate surface area is 123 Å². The van der Waals surface area contributed by atoms with Crippen LogP contribution in [0.25, 0.3) is 0 Å². The zero-order chi connectivity index (χ0) is 14.5. The summed E-state index contributed by atoms with van der Waals surface area (Å²) < 4.78 is 2.52. The van der Waals surface area contributed by atoms with Crippen molar-refractivity contribution >= 4 is 0 Å². The molecular weight excluding hydrogens is 248 g/mol. The molecule has 0 spiro atoms. The molecule has 2 rings (SSSR count). The highest BCUT2D eigenvalue weighted by molar-refractivity contribution is 5.20. The van der Waals surface area contributed by atoms with Crippen LogP contribution in [0.1, 0.15) is 43.9 Å². The van der Waals surface area contributed by atoms with Crippen LogP contribution in [0.3, 0.4) is 0 Å². The molecule has 4 heteroatoms. The first-order valence-electron chi connectivity index (χ1n) is 8.00. The molecule has 1 aliphatic heterocycles. The average Bonchev–Trinajstić information content (AvgIpc) is 2.71. The number of hydrogen-bond acceptors (Lipinski definition) is 3. The fraction of sp³-hybridized carbons (Fsp3) is 0.812. The van der Waals surface area contributed by atoms with Gasteiger partial charge in [0.1, 0.15) is 5.82 Å². The lowest BCUT2D eigenvalue weighted by Gasteiger charge is -2.17. The van der Waals surface area contributed by atoms with Gasteiger partial charge in [0.15, 0.2) is 0 Å². The number of rotatable bonds is 7. The van der Waals surface area contributed by atoms with E-state index in [1.165, 1.54) is 36.6 Å². The van der Waals surface area contributed by atoms with Gasteiger partial charge in [-0.2, -0.15) is 0 Å². The van der Waals surface area contributed by atoms with Crippen molar-refractivity contribution in [1.82, 2.24) is 19.8 Å². The quantitative estimate of drug-likeness (QED) is 0.775. The number of fused-ring (bicyclic) bond motifs is 1. The third-order valence-electron chi connectivity index (χ3n) is 3.89. The number of nitrogens with one attached hydrogen (secondary N) is 1. The lowest BCUT2D eigenvalue weighted by molar-refractivity contribution is 0.385. The molecule has 0 saturated heterocycles. The summed E-state index contributed by atoms with van der Waals surface area (Å²) in [7, 11) is 4.30. The van der Waals surface area contributed by atoms with Gasteiger partial charge in [0.25, 0.3) is 0 Å². The molecule has 0 fully saturated rings. The smallest absolute Gasteiger partial charge is 0.109 e. The Morgan fingerprint density at radius 2 is 2.10 bits per heavy atom. The van der Waals surface area contributed by atoms with E-state index in [0.29, 0.717) is 5.92 Å². The van der Waals surface area contributed by atoms with E-state index in [-0.39, 0.29) is 0 Å². The van der Waals surface area contributed by atoms with Gasteiger partial charge in [-0.05, 0) is 39.4 Å². The van der Waals surface area contributed by atoms with Crippen LogP contribution in [0, 0.1) is 5.92 Å². The molecule has 1 aromatic heterocycles. The zero-order valence-electron chi connectivity index (χ0n) is 13.6. The second-order valence-electron chi connectivity index (χ2n) is 6.61. The molecule has 0 atom stereocenters. The summed E-state index contributed by atoms with van der Waals surface area (Å²) in [5, 5.41) is 3.43. The second kappa shape index (κ2) is 7.23. The van der Waals surface area contributed by atoms with Crippen LogP contribution in [-0.4, -0.2) is 41.6 Å². The Kier molecular flexibility index (Phi) is 5.61. The van der Waals surface area contributed by atoms with Crippen molar-refractivity contribution in [3.05, 3.63) is 17.2 Å². The molecule has 0 bridgehead atoms. The Morgan fingerprint density at radius 3 is 2.80 bits per heavy atom. The maximum Gasteiger partial charge on any atom is 0.109 e. The SMILES string of the molecule is CC(C)Cc1nc2c(n1CCCCN(C)C)CCNC2. The highest BCUT2D eigenvalue weighted by Gasteiger charge is 2.19. The van der Waals surface area contributed by atoms with Gasteiger partial charge in [-0.3, -0.25) is 0 Å². The number of unbranched alkanes of at least 4 members (excludes halogenated alkanes) is 1. The molecule has 2 heterocycles. The minimum absolute atomic E-state index is 0.673. The minimum atomic E-state index is 0.673. The Balaban J connectivity index is 2.05. The van der Waals surface area contributed by atoms with E-state index in [1.54, 1.807) is 0 Å². The molecule has 1 aromatic rings. The summed E-state index contributed by atoms with van der Waals surface area (Å²) in [5.74, 6) is 1.98. The van der Waals surface area contributed by atoms with Gasteiger partial charge in [0.05, 0.1) is 5.69 Å². The summed E-state index contributed by atoms with van der Waals surface area (Å²) in [4.78, 5) is 7.16. The Morgan fingerprint density at radius 1 is 1.30 bits per heavy atom. The van der Waals surface area contributed by atoms with Gasteiger partial charge in [0.2, 0.25) is 0 Å². The summed E-state index contributed by atoms with van der Waals surface area (Å²) in [6, 6.07) is 0. The molecular formula is C16H30N4. The number of imidazole rings is 1. The number of aromatic nitrogens is 2. The highest BCUT2D eigenvalue weighted by atomic mass is 15.1. The molecule has 0 saturated carbocycles. The summed E-state index contributed by atoms with van der Waals surface area (Å²) in [6.07, 6.45) is 4.74. The topological polar surface area (TPSA) is 33.1 Å². The van der Waals surface area contributed by atoms with Crippen molar-refractivity contribution in [1.29, 1.82) is 0 Å². The van der Waals surface area contributed by atoms with E-state index in [0.717, 1.165) is 32.5 Å². The predicted molar refractivity (Wildman–Crippen MR) is 84.0 cm³/mol. The molecule has 0 aliphatic carbocycles. The third kappa shape index (κ3) is 4.06. The molecule has 20 heavy (non-hydrogen) atoms. The summed E-state index contributed by atoms with van der Waals surface area (Å²) >= 11 is 0. The first-order chi connectivity index (χ1) is 9.58. The van der Waals surface area contributed by atoms with Crippen molar-refractivity contribution < 1.29 is 0 Å². The van der Waals surface area contributed by atoms with Crippen LogP contribution in [0.2, 0.25) is 0 Å². The van der Waals surface area contributed by atoms with Crippen molar-refractivity contribution in [2.45, 2.75) is 52.6 Å². The average molecular weight is 278 g/mol. The first-order valence-corrected chi connectivity index (χ1v) is 8.00. The Hall–Kier alpha value is -0.870. The largest absolute Gasteiger partial charge is 0.332 e. The van der Waals surface area contributed by atoms with Crippen molar-refractivity contribution in [3.63, 3.8) is 0 Å². The molecule has 1 N–H and O–H groups in total. The van der Waals surface area contributed by atoms with E-state index in [2.05, 4.69) is 42.7 Å². The fourth-order valence-electron chi connectivity index (χ4n) is 2.91. The van der Waals surface area contributed by atoms with Gasteiger partial charge < -0.3 is 14.8 Å². The van der Waals surface area contributed by atoms with Crippen molar-refractivity contribution in [2.75, 3.05) is 27.2 Å². The zero-order valence-corrected chi connectivity index (χ0v) is 13.6. The van der Waals surface area contributed by atoms with Crippen LogP contribution in [0.4, 0.5) is 0 Å². The molecule has 1 aliphatic rings. The Bertz CT molecular complexity index is 420. The van der Waals surface area contributed by atoms with E-state index in [9.17, 15) is 0 Å². The third-order valence-corrected chi connectivity index (χ3v) is 3.89. The predicted octanol–water partition coefficient (Wildman–Crippen LogP) is 2.07. The maximum absolute atomic E-state index is 4.89. The van der Waals surface area contributed by atoms with Crippen LogP contribution in [-0.2, 0) is 25.9 Å². The van der Waals surface area contributed by atoms with Crippen LogP contribution in [0.15, 0.2) is 0 Å². The van der Waals surface area contributed by atoms with Crippen LogP contribution >= 0.6 is 0 Å². The van der Waals surface area contributed by atoms with Crippen molar-refractivity contribution in [2.24, 2.45) is 5.92 Å². The molecule has 114 valence electrons. The standard InChI is InChI=1S/C16H30N4/c1-13(2)11-16-18-14-12-17-8-7-15(14)20(16)10-6-5-9-19(3)4/h13,17H,5-12H2,1-4H3. The lowest BCUT2D eigenvalue weighted by Crippen LogP contribution is -2.25. The fourth-order valence-corrected chi connectivity index (χ4v) is 2.91. The summed E-state index contributed by atoms with van der Waals surface area (Å²) in [6.45, 7) is 8.92. The van der Waals surface area contributed by atoms with Gasteiger partial charge in [-0.1, -0.05) is 13.8 Å². The van der Waals surface area contributed by atoms with E-state index in [4.69, 9.17) is 4.98 Å². The van der Waals surface area contributed by atoms with E-state index < -0.39 is 0 Å². The van der Waals surface area contributed by atoms with Crippen LogP contribution in [0.5, 0.6) is 0 Å². The number of nitrogens with zero attached hydrogens (tertiary/aromatic N) is 3. The second-order valence-corrected chi connectivity index (χ2v) is 6.61. The molecule has 0 radical (unpaired) electrons. The van der Waals surface area contributed by atoms with Crippen molar-refractivity contribution in [3.8, 4) is 0 Å². The van der Waals surface area contributed by atoms with Gasteiger partial charge in [0, 0.05) is 38.2 Å². The lowest BCUT2D eigenvalue weighted by atomic mass is 10.1. The van der Waals surface area contributed by atoms with E-state index >= 15 is 0 Å². The van der Waals surface area contributed by atoms with Gasteiger partial charge in [-0.25, -0.2) is 4.98 Å². The molecule has 0 amide bonds. The summed E-state index contributed by atoms with van der Waals surface area (Å²) in [5.41, 5.74) is 2.78. The van der Waals surface area contributed by atoms with Crippen LogP contribution < -0.4 is 5.32 Å². The van der Waals surface area contributed by atoms with E-state index in [1.807, 2.05) is 0 Å². The molecule has 0 unspecified atom stereocenters. The maximum atomic E-state index is 4.89. The normalized spacial score (nSPS) is 15.1. The minimum Gasteiger partial charge on any atom is -0.332 e. The monoisotopic (exact) mass is 278 g/mol. The molecule has 0 aromatic carbocycles. The number of hydrogen-bond donors (Lipinski definition) is 1. The molecule has 4 nitrogen and oxygen atoms in total. The highest BCUT2D eigenvalue weighted by Crippen LogP contribution is 2.19. The van der Waals surface area contributed by atoms with Gasteiger partial charge in [-0.15, -0.1) is 0 Å². The first kappa shape index (κ1) is 15.5.